The van der Waals surface area contributed by atoms with E-state index in [0.717, 1.165) is 22.4 Å². The highest BCUT2D eigenvalue weighted by Gasteiger charge is 2.21. The lowest BCUT2D eigenvalue weighted by molar-refractivity contribution is 0.0525. The van der Waals surface area contributed by atoms with Crippen molar-refractivity contribution in [1.82, 2.24) is 9.55 Å². The Hall–Kier alpha value is -3.75. The third-order valence-electron chi connectivity index (χ3n) is 5.36. The predicted octanol–water partition coefficient (Wildman–Crippen LogP) is 4.34. The van der Waals surface area contributed by atoms with Gasteiger partial charge in [0.25, 0.3) is 0 Å². The number of sulfonamides is 1. The van der Waals surface area contributed by atoms with E-state index in [0.29, 0.717) is 16.9 Å². The van der Waals surface area contributed by atoms with Crippen molar-refractivity contribution in [1.29, 1.82) is 0 Å². The summed E-state index contributed by atoms with van der Waals surface area (Å²) in [6.45, 7) is 3.85. The normalized spacial score (nSPS) is 11.4. The predicted molar refractivity (Wildman–Crippen MR) is 127 cm³/mol. The molecule has 2 aromatic carbocycles. The maximum absolute atomic E-state index is 12.6. The highest BCUT2D eigenvalue weighted by atomic mass is 32.2. The summed E-state index contributed by atoms with van der Waals surface area (Å²) in [4.78, 5) is 16.7. The molecule has 0 atom stereocenters. The summed E-state index contributed by atoms with van der Waals surface area (Å²) in [5.41, 5.74) is 5.59. The molecule has 0 spiro atoms. The van der Waals surface area contributed by atoms with Crippen LogP contribution in [-0.2, 0) is 14.8 Å². The van der Waals surface area contributed by atoms with Crippen molar-refractivity contribution in [3.8, 4) is 28.1 Å². The number of aromatic nitrogens is 2. The molecular weight excluding hydrogens is 438 g/mol. The fourth-order valence-electron chi connectivity index (χ4n) is 3.73. The number of primary sulfonamides is 1. The molecule has 0 bridgehead atoms. The number of hydrogen-bond acceptors (Lipinski definition) is 5. The van der Waals surface area contributed by atoms with Crippen LogP contribution in [-0.4, -0.2) is 30.5 Å². The zero-order valence-electron chi connectivity index (χ0n) is 18.2. The Bertz CT molecular complexity index is 1390. The van der Waals surface area contributed by atoms with Crippen LogP contribution in [0.5, 0.6) is 0 Å². The van der Waals surface area contributed by atoms with E-state index < -0.39 is 16.0 Å². The van der Waals surface area contributed by atoms with E-state index in [4.69, 9.17) is 9.88 Å². The van der Waals surface area contributed by atoms with Gasteiger partial charge in [-0.1, -0.05) is 24.3 Å². The molecule has 2 heterocycles. The van der Waals surface area contributed by atoms with Crippen LogP contribution in [0.1, 0.15) is 23.0 Å². The first kappa shape index (κ1) is 22.4. The van der Waals surface area contributed by atoms with Gasteiger partial charge in [0.2, 0.25) is 10.0 Å². The molecule has 2 N–H and O–H groups in total. The van der Waals surface area contributed by atoms with Crippen LogP contribution in [0.25, 0.3) is 28.1 Å². The number of esters is 1. The molecule has 4 rings (SSSR count). The number of nitrogens with zero attached hydrogens (tertiary/aromatic N) is 2. The van der Waals surface area contributed by atoms with E-state index in [2.05, 4.69) is 4.98 Å². The summed E-state index contributed by atoms with van der Waals surface area (Å²) in [5, 5.41) is 5.24. The lowest BCUT2D eigenvalue weighted by Crippen LogP contribution is -2.12. The van der Waals surface area contributed by atoms with E-state index in [1.54, 1.807) is 37.5 Å². The van der Waals surface area contributed by atoms with E-state index in [1.165, 1.54) is 12.1 Å². The van der Waals surface area contributed by atoms with E-state index in [1.807, 2.05) is 47.9 Å². The zero-order chi connectivity index (χ0) is 23.6. The van der Waals surface area contributed by atoms with Crippen molar-refractivity contribution in [3.63, 3.8) is 0 Å². The van der Waals surface area contributed by atoms with Gasteiger partial charge in [-0.05, 0) is 73.0 Å². The van der Waals surface area contributed by atoms with Crippen LogP contribution >= 0.6 is 0 Å². The number of pyridine rings is 1. The second-order valence-corrected chi connectivity index (χ2v) is 9.00. The quantitative estimate of drug-likeness (QED) is 0.430. The fourth-order valence-corrected chi connectivity index (χ4v) is 4.25. The van der Waals surface area contributed by atoms with Crippen molar-refractivity contribution in [2.45, 2.75) is 18.7 Å². The summed E-state index contributed by atoms with van der Waals surface area (Å²) < 4.78 is 30.5. The molecule has 2 aromatic heterocycles. The van der Waals surface area contributed by atoms with Gasteiger partial charge in [-0.2, -0.15) is 0 Å². The van der Waals surface area contributed by atoms with Crippen LogP contribution in [0.15, 0.2) is 84.0 Å². The molecule has 0 aliphatic rings. The summed E-state index contributed by atoms with van der Waals surface area (Å²) >= 11 is 0. The van der Waals surface area contributed by atoms with Crippen LogP contribution in [0, 0.1) is 6.92 Å². The largest absolute Gasteiger partial charge is 0.462 e. The van der Waals surface area contributed by atoms with Crippen molar-refractivity contribution >= 4 is 16.0 Å². The maximum atomic E-state index is 12.6. The Balaban J connectivity index is 1.83. The Labute approximate surface area is 192 Å². The van der Waals surface area contributed by atoms with Crippen LogP contribution < -0.4 is 5.14 Å². The van der Waals surface area contributed by atoms with Gasteiger partial charge >= 0.3 is 5.97 Å². The standard InChI is InChI=1S/C25H23N3O4S/c1-3-32-25(29)23-16-24(20-6-4-18(5-7-20)19-12-14-27-15-13-19)28(17(23)2)21-8-10-22(11-9-21)33(26,30)31/h4-16H,3H2,1-2H3,(H2,26,30,31). The first-order chi connectivity index (χ1) is 15.8. The third-order valence-corrected chi connectivity index (χ3v) is 6.29. The van der Waals surface area contributed by atoms with E-state index in [9.17, 15) is 13.2 Å². The lowest BCUT2D eigenvalue weighted by Gasteiger charge is -2.13. The van der Waals surface area contributed by atoms with Gasteiger partial charge in [-0.3, -0.25) is 4.98 Å². The maximum Gasteiger partial charge on any atom is 0.339 e. The summed E-state index contributed by atoms with van der Waals surface area (Å²) in [5.74, 6) is -0.412. The number of ether oxygens (including phenoxy) is 1. The number of benzene rings is 2. The number of carbonyl (C=O) groups excluding carboxylic acids is 1. The molecule has 0 radical (unpaired) electrons. The zero-order valence-corrected chi connectivity index (χ0v) is 19.0. The molecule has 0 aliphatic heterocycles. The van der Waals surface area contributed by atoms with Crippen molar-refractivity contribution in [2.75, 3.05) is 6.61 Å². The summed E-state index contributed by atoms with van der Waals surface area (Å²) in [6.07, 6.45) is 3.49. The molecule has 0 amide bonds. The number of hydrogen-bond donors (Lipinski definition) is 1. The minimum absolute atomic E-state index is 0.0185. The Morgan fingerprint density at radius 2 is 1.52 bits per heavy atom. The molecule has 7 nitrogen and oxygen atoms in total. The summed E-state index contributed by atoms with van der Waals surface area (Å²) in [6, 6.07) is 19.9. The van der Waals surface area contributed by atoms with Gasteiger partial charge in [0.15, 0.2) is 0 Å². The van der Waals surface area contributed by atoms with E-state index >= 15 is 0 Å². The number of nitrogens with two attached hydrogens (primary N) is 1. The molecule has 0 saturated carbocycles. The average Bonchev–Trinajstić information content (AvgIpc) is 3.16. The van der Waals surface area contributed by atoms with Crippen molar-refractivity contribution in [2.24, 2.45) is 5.14 Å². The SMILES string of the molecule is CCOC(=O)c1cc(-c2ccc(-c3ccncc3)cc2)n(-c2ccc(S(N)(=O)=O)cc2)c1C. The molecule has 0 unspecified atom stereocenters. The van der Waals surface area contributed by atoms with Gasteiger partial charge < -0.3 is 9.30 Å². The first-order valence-corrected chi connectivity index (χ1v) is 11.9. The highest BCUT2D eigenvalue weighted by molar-refractivity contribution is 7.89. The van der Waals surface area contributed by atoms with Crippen molar-refractivity contribution < 1.29 is 17.9 Å². The molecule has 8 heteroatoms. The minimum atomic E-state index is -3.81. The van der Waals surface area contributed by atoms with Crippen LogP contribution in [0.2, 0.25) is 0 Å². The van der Waals surface area contributed by atoms with Crippen molar-refractivity contribution in [3.05, 3.63) is 90.4 Å². The minimum Gasteiger partial charge on any atom is -0.462 e. The Kier molecular flexibility index (Phi) is 6.13. The molecular formula is C25H23N3O4S. The first-order valence-electron chi connectivity index (χ1n) is 10.3. The molecule has 4 aromatic rings. The van der Waals surface area contributed by atoms with E-state index in [-0.39, 0.29) is 11.5 Å². The van der Waals surface area contributed by atoms with Gasteiger partial charge in [0.05, 0.1) is 22.8 Å². The Morgan fingerprint density at radius 3 is 2.09 bits per heavy atom. The topological polar surface area (TPSA) is 104 Å². The fraction of sp³-hybridized carbons (Fsp3) is 0.120. The molecule has 168 valence electrons. The van der Waals surface area contributed by atoms with Gasteiger partial charge in [-0.25, -0.2) is 18.4 Å². The number of carbonyl (C=O) groups is 1. The molecule has 0 aliphatic carbocycles. The Morgan fingerprint density at radius 1 is 0.939 bits per heavy atom. The second-order valence-electron chi connectivity index (χ2n) is 7.44. The number of rotatable bonds is 6. The second kappa shape index (κ2) is 9.01. The molecule has 0 saturated heterocycles. The van der Waals surface area contributed by atoms with Crippen LogP contribution in [0.4, 0.5) is 0 Å². The molecule has 0 fully saturated rings. The van der Waals surface area contributed by atoms with Crippen LogP contribution in [0.3, 0.4) is 0 Å². The average molecular weight is 462 g/mol. The monoisotopic (exact) mass is 461 g/mol. The van der Waals surface area contributed by atoms with Gasteiger partial charge in [-0.15, -0.1) is 0 Å². The van der Waals surface area contributed by atoms with Gasteiger partial charge in [0, 0.05) is 23.8 Å². The third kappa shape index (κ3) is 4.57. The van der Waals surface area contributed by atoms with Gasteiger partial charge in [0.1, 0.15) is 0 Å². The smallest absolute Gasteiger partial charge is 0.339 e. The highest BCUT2D eigenvalue weighted by Crippen LogP contribution is 2.32. The lowest BCUT2D eigenvalue weighted by atomic mass is 10.0. The summed E-state index contributed by atoms with van der Waals surface area (Å²) in [7, 11) is -3.81. The molecule has 33 heavy (non-hydrogen) atoms.